The Morgan fingerprint density at radius 3 is 2.70 bits per heavy atom. The molecule has 0 radical (unpaired) electrons. The molecule has 2 fully saturated rings. The summed E-state index contributed by atoms with van der Waals surface area (Å²) in [6.45, 7) is 0.410. The number of carbonyl (C=O) groups excluding carboxylic acids is 2. The first-order valence-electron chi connectivity index (χ1n) is 7.66. The Morgan fingerprint density at radius 2 is 2.09 bits per heavy atom. The van der Waals surface area contributed by atoms with Crippen molar-refractivity contribution >= 4 is 17.5 Å². The molecule has 0 bridgehead atoms. The van der Waals surface area contributed by atoms with Gasteiger partial charge in [0.25, 0.3) is 0 Å². The normalized spacial score (nSPS) is 22.8. The van der Waals surface area contributed by atoms with Crippen molar-refractivity contribution in [2.45, 2.75) is 31.3 Å². The lowest BCUT2D eigenvalue weighted by Gasteiger charge is -2.36. The zero-order chi connectivity index (χ0) is 16.6. The molecule has 1 unspecified atom stereocenters. The first kappa shape index (κ1) is 15.9. The van der Waals surface area contributed by atoms with E-state index < -0.39 is 35.0 Å². The monoisotopic (exact) mass is 324 g/mol. The van der Waals surface area contributed by atoms with Gasteiger partial charge in [-0.05, 0) is 37.8 Å². The van der Waals surface area contributed by atoms with Crippen molar-refractivity contribution in [2.75, 3.05) is 18.0 Å². The highest BCUT2D eigenvalue weighted by molar-refractivity contribution is 6.09. The molecule has 7 heteroatoms. The first-order valence-corrected chi connectivity index (χ1v) is 7.66. The van der Waals surface area contributed by atoms with Crippen LogP contribution >= 0.6 is 0 Å². The van der Waals surface area contributed by atoms with Crippen LogP contribution in [0.5, 0.6) is 0 Å². The number of nitrogens with zero attached hydrogens (tertiary/aromatic N) is 1. The number of benzene rings is 1. The number of carbonyl (C=O) groups is 2. The molecule has 1 aromatic carbocycles. The van der Waals surface area contributed by atoms with E-state index in [1.807, 2.05) is 0 Å². The van der Waals surface area contributed by atoms with Crippen LogP contribution in [-0.4, -0.2) is 35.6 Å². The predicted octanol–water partition coefficient (Wildman–Crippen LogP) is 1.35. The largest absolute Gasteiger partial charge is 0.388 e. The first-order chi connectivity index (χ1) is 10.9. The third kappa shape index (κ3) is 3.06. The van der Waals surface area contributed by atoms with Crippen LogP contribution in [0.15, 0.2) is 18.2 Å². The summed E-state index contributed by atoms with van der Waals surface area (Å²) >= 11 is 0. The number of amides is 2. The van der Waals surface area contributed by atoms with E-state index in [0.29, 0.717) is 19.3 Å². The van der Waals surface area contributed by atoms with Crippen molar-refractivity contribution in [3.05, 3.63) is 29.8 Å². The van der Waals surface area contributed by atoms with Gasteiger partial charge in [-0.15, -0.1) is 0 Å². The molecule has 1 saturated carbocycles. The molecule has 124 valence electrons. The lowest BCUT2D eigenvalue weighted by atomic mass is 9.80. The lowest BCUT2D eigenvalue weighted by Crippen LogP contribution is -2.49. The minimum absolute atomic E-state index is 0.140. The van der Waals surface area contributed by atoms with Gasteiger partial charge >= 0.3 is 0 Å². The average Bonchev–Trinajstić information content (AvgIpc) is 2.87. The van der Waals surface area contributed by atoms with Gasteiger partial charge < -0.3 is 15.3 Å². The van der Waals surface area contributed by atoms with E-state index >= 15 is 0 Å². The zero-order valence-corrected chi connectivity index (χ0v) is 12.5. The number of anilines is 1. The summed E-state index contributed by atoms with van der Waals surface area (Å²) in [5.41, 5.74) is -0.612. The molecule has 2 N–H and O–H groups in total. The molecule has 1 aromatic rings. The fourth-order valence-electron chi connectivity index (χ4n) is 2.97. The Kier molecular flexibility index (Phi) is 4.06. The Bertz CT molecular complexity index is 646. The van der Waals surface area contributed by atoms with E-state index in [9.17, 15) is 23.5 Å². The summed E-state index contributed by atoms with van der Waals surface area (Å²) in [7, 11) is 0. The summed E-state index contributed by atoms with van der Waals surface area (Å²) in [5, 5.41) is 12.6. The van der Waals surface area contributed by atoms with Crippen LogP contribution in [0.3, 0.4) is 0 Å². The standard InChI is InChI=1S/C16H18F2N2O3/c17-12-3-2-10(8-13(12)18)20-7-4-11(15(20)22)14(21)19-9-16(23)5-1-6-16/h2-3,8,11,23H,1,4-7,9H2,(H,19,21). The summed E-state index contributed by atoms with van der Waals surface area (Å²) in [5.74, 6) is -3.74. The van der Waals surface area contributed by atoms with Gasteiger partial charge in [-0.25, -0.2) is 8.78 Å². The molecular weight excluding hydrogens is 306 g/mol. The number of nitrogens with one attached hydrogen (secondary N) is 1. The molecule has 0 spiro atoms. The van der Waals surface area contributed by atoms with Crippen molar-refractivity contribution in [1.82, 2.24) is 5.32 Å². The van der Waals surface area contributed by atoms with Crippen LogP contribution in [-0.2, 0) is 9.59 Å². The van der Waals surface area contributed by atoms with Crippen molar-refractivity contribution in [2.24, 2.45) is 5.92 Å². The third-order valence-corrected chi connectivity index (χ3v) is 4.61. The van der Waals surface area contributed by atoms with Crippen LogP contribution in [0.2, 0.25) is 0 Å². The van der Waals surface area contributed by atoms with E-state index in [4.69, 9.17) is 0 Å². The quantitative estimate of drug-likeness (QED) is 0.822. The SMILES string of the molecule is O=C(NCC1(O)CCC1)C1CCN(c2ccc(F)c(F)c2)C1=O. The molecule has 1 saturated heterocycles. The summed E-state index contributed by atoms with van der Waals surface area (Å²) in [6.07, 6.45) is 2.53. The molecule has 23 heavy (non-hydrogen) atoms. The lowest BCUT2D eigenvalue weighted by molar-refractivity contribution is -0.133. The third-order valence-electron chi connectivity index (χ3n) is 4.61. The fraction of sp³-hybridized carbons (Fsp3) is 0.500. The number of rotatable bonds is 4. The highest BCUT2D eigenvalue weighted by Crippen LogP contribution is 2.31. The Labute approximate surface area is 132 Å². The fourth-order valence-corrected chi connectivity index (χ4v) is 2.97. The molecule has 1 heterocycles. The van der Waals surface area contributed by atoms with Crippen LogP contribution in [0.1, 0.15) is 25.7 Å². The Morgan fingerprint density at radius 1 is 1.35 bits per heavy atom. The highest BCUT2D eigenvalue weighted by atomic mass is 19.2. The molecule has 3 rings (SSSR count). The maximum atomic E-state index is 13.3. The summed E-state index contributed by atoms with van der Waals surface area (Å²) in [4.78, 5) is 25.8. The maximum absolute atomic E-state index is 13.3. The van der Waals surface area contributed by atoms with Gasteiger partial charge in [-0.1, -0.05) is 0 Å². The van der Waals surface area contributed by atoms with E-state index in [1.54, 1.807) is 0 Å². The predicted molar refractivity (Wildman–Crippen MR) is 78.6 cm³/mol. The molecular formula is C16H18F2N2O3. The smallest absolute Gasteiger partial charge is 0.239 e. The number of hydrogen-bond acceptors (Lipinski definition) is 3. The average molecular weight is 324 g/mol. The van der Waals surface area contributed by atoms with Crippen molar-refractivity contribution < 1.29 is 23.5 Å². The van der Waals surface area contributed by atoms with Crippen LogP contribution < -0.4 is 10.2 Å². The topological polar surface area (TPSA) is 69.6 Å². The minimum atomic E-state index is -1.03. The van der Waals surface area contributed by atoms with Gasteiger partial charge in [0.05, 0.1) is 5.60 Å². The second kappa shape index (κ2) is 5.88. The van der Waals surface area contributed by atoms with Crippen LogP contribution in [0.4, 0.5) is 14.5 Å². The van der Waals surface area contributed by atoms with Crippen molar-refractivity contribution in [3.8, 4) is 0 Å². The summed E-state index contributed by atoms with van der Waals surface area (Å²) in [6, 6.07) is 3.22. The van der Waals surface area contributed by atoms with Gasteiger partial charge in [-0.2, -0.15) is 0 Å². The van der Waals surface area contributed by atoms with Gasteiger partial charge in [0, 0.05) is 24.8 Å². The van der Waals surface area contributed by atoms with E-state index in [-0.39, 0.29) is 18.8 Å². The second-order valence-corrected chi connectivity index (χ2v) is 6.23. The molecule has 5 nitrogen and oxygen atoms in total. The highest BCUT2D eigenvalue weighted by Gasteiger charge is 2.40. The molecule has 1 aliphatic heterocycles. The molecule has 0 aromatic heterocycles. The number of hydrogen-bond donors (Lipinski definition) is 2. The van der Waals surface area contributed by atoms with Crippen LogP contribution in [0, 0.1) is 17.6 Å². The van der Waals surface area contributed by atoms with Crippen LogP contribution in [0.25, 0.3) is 0 Å². The van der Waals surface area contributed by atoms with Gasteiger partial charge in [0.1, 0.15) is 5.92 Å². The molecule has 2 aliphatic rings. The molecule has 2 amide bonds. The van der Waals surface area contributed by atoms with Crippen molar-refractivity contribution in [3.63, 3.8) is 0 Å². The molecule has 1 aliphatic carbocycles. The van der Waals surface area contributed by atoms with E-state index in [2.05, 4.69) is 5.32 Å². The second-order valence-electron chi connectivity index (χ2n) is 6.23. The van der Waals surface area contributed by atoms with Crippen molar-refractivity contribution in [1.29, 1.82) is 0 Å². The Balaban J connectivity index is 1.63. The minimum Gasteiger partial charge on any atom is -0.388 e. The molecule has 1 atom stereocenters. The maximum Gasteiger partial charge on any atom is 0.239 e. The van der Waals surface area contributed by atoms with Gasteiger partial charge in [-0.3, -0.25) is 9.59 Å². The number of halogens is 2. The number of aliphatic hydroxyl groups is 1. The Hall–Kier alpha value is -2.02. The zero-order valence-electron chi connectivity index (χ0n) is 12.5. The summed E-state index contributed by atoms with van der Waals surface area (Å²) < 4.78 is 26.3. The van der Waals surface area contributed by atoms with Gasteiger partial charge in [0.15, 0.2) is 11.6 Å². The van der Waals surface area contributed by atoms with E-state index in [0.717, 1.165) is 18.6 Å². The van der Waals surface area contributed by atoms with Gasteiger partial charge in [0.2, 0.25) is 11.8 Å². The van der Waals surface area contributed by atoms with E-state index in [1.165, 1.54) is 11.0 Å².